The molecule has 0 spiro atoms. The Bertz CT molecular complexity index is 944. The molecule has 0 aromatic carbocycles. The summed E-state index contributed by atoms with van der Waals surface area (Å²) in [5.74, 6) is -0.290. The zero-order valence-corrected chi connectivity index (χ0v) is 15.9. The average molecular weight is 379 g/mol. The minimum Gasteiger partial charge on any atom is -0.469 e. The number of imidazole rings is 1. The van der Waals surface area contributed by atoms with Gasteiger partial charge in [-0.05, 0) is 6.42 Å². The van der Waals surface area contributed by atoms with Gasteiger partial charge < -0.3 is 14.0 Å². The molecule has 1 saturated heterocycles. The van der Waals surface area contributed by atoms with Gasteiger partial charge >= 0.3 is 11.7 Å². The first-order valence-corrected chi connectivity index (χ1v) is 8.94. The maximum absolute atomic E-state index is 12.7. The SMILES string of the molecule is COC(=O)C[C@H]1CN(CCCn2c(=O)c3c(ncn3C)n(C)c2=O)CCO1. The van der Waals surface area contributed by atoms with E-state index < -0.39 is 0 Å². The average Bonchev–Trinajstić information content (AvgIpc) is 3.05. The number of fused-ring (bicyclic) bond motifs is 1. The van der Waals surface area contributed by atoms with Crippen molar-refractivity contribution in [2.24, 2.45) is 14.1 Å². The van der Waals surface area contributed by atoms with Gasteiger partial charge in [0.1, 0.15) is 0 Å². The maximum atomic E-state index is 12.7. The number of ether oxygens (including phenoxy) is 2. The molecule has 10 nitrogen and oxygen atoms in total. The minimum absolute atomic E-state index is 0.187. The summed E-state index contributed by atoms with van der Waals surface area (Å²) >= 11 is 0. The Kier molecular flexibility index (Phi) is 5.76. The van der Waals surface area contributed by atoms with Crippen LogP contribution in [-0.2, 0) is 34.9 Å². The summed E-state index contributed by atoms with van der Waals surface area (Å²) in [4.78, 5) is 42.9. The lowest BCUT2D eigenvalue weighted by Crippen LogP contribution is -2.44. The molecule has 0 aliphatic carbocycles. The smallest absolute Gasteiger partial charge is 0.332 e. The summed E-state index contributed by atoms with van der Waals surface area (Å²) in [7, 11) is 4.72. The molecule has 0 saturated carbocycles. The molecule has 0 N–H and O–H groups in total. The van der Waals surface area contributed by atoms with Crippen LogP contribution in [0.3, 0.4) is 0 Å². The number of aromatic nitrogens is 4. The Morgan fingerprint density at radius 1 is 1.33 bits per heavy atom. The van der Waals surface area contributed by atoms with E-state index in [1.165, 1.54) is 22.6 Å². The number of carbonyl (C=O) groups is 1. The van der Waals surface area contributed by atoms with E-state index in [9.17, 15) is 14.4 Å². The Labute approximate surface area is 155 Å². The third-order valence-corrected chi connectivity index (χ3v) is 4.90. The van der Waals surface area contributed by atoms with Crippen molar-refractivity contribution in [3.8, 4) is 0 Å². The molecule has 0 radical (unpaired) electrons. The van der Waals surface area contributed by atoms with Gasteiger partial charge in [0.05, 0.1) is 32.6 Å². The number of hydrogen-bond acceptors (Lipinski definition) is 7. The predicted octanol–water partition coefficient (Wildman–Crippen LogP) is -0.912. The number of morpholine rings is 1. The predicted molar refractivity (Wildman–Crippen MR) is 97.6 cm³/mol. The van der Waals surface area contributed by atoms with Crippen molar-refractivity contribution in [3.05, 3.63) is 27.2 Å². The summed E-state index contributed by atoms with van der Waals surface area (Å²) in [6.07, 6.45) is 2.21. The second kappa shape index (κ2) is 8.05. The molecule has 0 bridgehead atoms. The molecule has 1 fully saturated rings. The van der Waals surface area contributed by atoms with Gasteiger partial charge in [-0.1, -0.05) is 0 Å². The highest BCUT2D eigenvalue weighted by Gasteiger charge is 2.23. The van der Waals surface area contributed by atoms with E-state index in [1.54, 1.807) is 18.7 Å². The lowest BCUT2D eigenvalue weighted by atomic mass is 10.2. The van der Waals surface area contributed by atoms with Gasteiger partial charge in [-0.2, -0.15) is 0 Å². The van der Waals surface area contributed by atoms with Gasteiger partial charge in [0, 0.05) is 40.3 Å². The molecule has 2 aromatic heterocycles. The molecule has 3 heterocycles. The summed E-state index contributed by atoms with van der Waals surface area (Å²) in [5, 5.41) is 0. The van der Waals surface area contributed by atoms with E-state index in [0.29, 0.717) is 43.8 Å². The third kappa shape index (κ3) is 3.96. The topological polar surface area (TPSA) is 101 Å². The van der Waals surface area contributed by atoms with Crippen molar-refractivity contribution in [3.63, 3.8) is 0 Å². The van der Waals surface area contributed by atoms with Crippen molar-refractivity contribution in [1.29, 1.82) is 0 Å². The van der Waals surface area contributed by atoms with Crippen LogP contribution >= 0.6 is 0 Å². The molecular formula is C17H25N5O5. The van der Waals surface area contributed by atoms with Crippen LogP contribution < -0.4 is 11.2 Å². The van der Waals surface area contributed by atoms with Crippen LogP contribution in [0.15, 0.2) is 15.9 Å². The fraction of sp³-hybridized carbons (Fsp3) is 0.647. The molecule has 0 amide bonds. The number of aryl methyl sites for hydroxylation is 2. The van der Waals surface area contributed by atoms with Crippen LogP contribution in [0, 0.1) is 0 Å². The molecule has 1 atom stereocenters. The molecule has 10 heteroatoms. The Balaban J connectivity index is 1.66. The van der Waals surface area contributed by atoms with Gasteiger partial charge in [0.2, 0.25) is 0 Å². The number of esters is 1. The number of methoxy groups -OCH3 is 1. The van der Waals surface area contributed by atoms with Gasteiger partial charge in [-0.25, -0.2) is 9.78 Å². The number of carbonyl (C=O) groups excluding carboxylic acids is 1. The van der Waals surface area contributed by atoms with Crippen LogP contribution in [0.2, 0.25) is 0 Å². The zero-order valence-electron chi connectivity index (χ0n) is 15.9. The minimum atomic E-state index is -0.364. The molecule has 0 unspecified atom stereocenters. The van der Waals surface area contributed by atoms with Crippen LogP contribution in [0.4, 0.5) is 0 Å². The Hall–Kier alpha value is -2.46. The quantitative estimate of drug-likeness (QED) is 0.599. The first-order chi connectivity index (χ1) is 12.9. The highest BCUT2D eigenvalue weighted by atomic mass is 16.5. The summed E-state index contributed by atoms with van der Waals surface area (Å²) in [5.41, 5.74) is 0.125. The largest absolute Gasteiger partial charge is 0.469 e. The van der Waals surface area contributed by atoms with Gasteiger partial charge in [-0.15, -0.1) is 0 Å². The first kappa shape index (κ1) is 19.3. The monoisotopic (exact) mass is 379 g/mol. The highest BCUT2D eigenvalue weighted by Crippen LogP contribution is 2.10. The van der Waals surface area contributed by atoms with Crippen LogP contribution in [0.5, 0.6) is 0 Å². The van der Waals surface area contributed by atoms with Gasteiger partial charge in [0.25, 0.3) is 5.56 Å². The maximum Gasteiger partial charge on any atom is 0.332 e. The van der Waals surface area contributed by atoms with Gasteiger partial charge in [0.15, 0.2) is 11.2 Å². The summed E-state index contributed by atoms with van der Waals surface area (Å²) in [6, 6.07) is 0. The Morgan fingerprint density at radius 2 is 2.11 bits per heavy atom. The highest BCUT2D eigenvalue weighted by molar-refractivity contribution is 5.70. The van der Waals surface area contributed by atoms with Crippen molar-refractivity contribution < 1.29 is 14.3 Å². The van der Waals surface area contributed by atoms with Crippen LogP contribution in [-0.4, -0.2) is 69.0 Å². The van der Waals surface area contributed by atoms with Crippen molar-refractivity contribution in [2.45, 2.75) is 25.5 Å². The van der Waals surface area contributed by atoms with Crippen molar-refractivity contribution >= 4 is 17.1 Å². The second-order valence-corrected chi connectivity index (χ2v) is 6.75. The van der Waals surface area contributed by atoms with E-state index in [-0.39, 0.29) is 29.7 Å². The molecule has 27 heavy (non-hydrogen) atoms. The lowest BCUT2D eigenvalue weighted by Gasteiger charge is -2.32. The Morgan fingerprint density at radius 3 is 2.85 bits per heavy atom. The second-order valence-electron chi connectivity index (χ2n) is 6.75. The first-order valence-electron chi connectivity index (χ1n) is 8.94. The standard InChI is InChI=1S/C17H25N5O5/c1-19-11-18-15-14(19)16(24)22(17(25)20(15)2)6-4-5-21-7-8-27-12(10-21)9-13(23)26-3/h11-12H,4-10H2,1-3H3/t12-/m0/s1. The number of hydrogen-bond donors (Lipinski definition) is 0. The zero-order chi connectivity index (χ0) is 19.6. The van der Waals surface area contributed by atoms with E-state index in [1.807, 2.05) is 0 Å². The summed E-state index contributed by atoms with van der Waals surface area (Å²) < 4.78 is 14.6. The normalized spacial score (nSPS) is 18.1. The fourth-order valence-corrected chi connectivity index (χ4v) is 3.42. The number of rotatable bonds is 6. The summed E-state index contributed by atoms with van der Waals surface area (Å²) in [6.45, 7) is 2.96. The molecule has 1 aliphatic heterocycles. The molecule has 2 aromatic rings. The van der Waals surface area contributed by atoms with Crippen molar-refractivity contribution in [1.82, 2.24) is 23.6 Å². The number of nitrogens with zero attached hydrogens (tertiary/aromatic N) is 5. The van der Waals surface area contributed by atoms with Crippen molar-refractivity contribution in [2.75, 3.05) is 33.4 Å². The van der Waals surface area contributed by atoms with E-state index in [2.05, 4.69) is 14.6 Å². The molecule has 1 aliphatic rings. The van der Waals surface area contributed by atoms with Crippen LogP contribution in [0.1, 0.15) is 12.8 Å². The van der Waals surface area contributed by atoms with E-state index >= 15 is 0 Å². The fourth-order valence-electron chi connectivity index (χ4n) is 3.42. The molecule has 148 valence electrons. The van der Waals surface area contributed by atoms with Crippen LogP contribution in [0.25, 0.3) is 11.2 Å². The lowest BCUT2D eigenvalue weighted by molar-refractivity contribution is -0.145. The van der Waals surface area contributed by atoms with E-state index in [0.717, 1.165) is 6.54 Å². The molecular weight excluding hydrogens is 354 g/mol. The van der Waals surface area contributed by atoms with E-state index in [4.69, 9.17) is 4.74 Å². The third-order valence-electron chi connectivity index (χ3n) is 4.90. The van der Waals surface area contributed by atoms with Gasteiger partial charge in [-0.3, -0.25) is 23.6 Å². The molecule has 3 rings (SSSR count).